The second-order valence-corrected chi connectivity index (χ2v) is 7.88. The summed E-state index contributed by atoms with van der Waals surface area (Å²) in [7, 11) is 3.54. The van der Waals surface area contributed by atoms with Crippen LogP contribution in [0.2, 0.25) is 0 Å². The lowest BCUT2D eigenvalue weighted by atomic mass is 10.1. The average Bonchev–Trinajstić information content (AvgIpc) is 3.07. The molecule has 7 heteroatoms. The van der Waals surface area contributed by atoms with E-state index in [2.05, 4.69) is 10.3 Å². The summed E-state index contributed by atoms with van der Waals surface area (Å²) in [5, 5.41) is 4.27. The summed E-state index contributed by atoms with van der Waals surface area (Å²) in [4.78, 5) is 32.4. The maximum atomic E-state index is 12.6. The molecular weight excluding hydrogens is 392 g/mol. The van der Waals surface area contributed by atoms with Crippen LogP contribution >= 0.6 is 0 Å². The molecule has 4 rings (SSSR count). The first-order valence-electron chi connectivity index (χ1n) is 10.3. The highest BCUT2D eigenvalue weighted by Crippen LogP contribution is 2.26. The molecule has 3 heterocycles. The Hall–Kier alpha value is -3.61. The Bertz CT molecular complexity index is 1160. The summed E-state index contributed by atoms with van der Waals surface area (Å²) in [6.45, 7) is 3.44. The summed E-state index contributed by atoms with van der Waals surface area (Å²) in [5.74, 6) is 1.53. The largest absolute Gasteiger partial charge is 0.459 e. The molecule has 1 aliphatic rings. The lowest BCUT2D eigenvalue weighted by Crippen LogP contribution is -2.30. The van der Waals surface area contributed by atoms with Gasteiger partial charge >= 0.3 is 0 Å². The van der Waals surface area contributed by atoms with Gasteiger partial charge in [0.2, 0.25) is 11.8 Å². The van der Waals surface area contributed by atoms with Crippen molar-refractivity contribution in [3.8, 4) is 0 Å². The van der Waals surface area contributed by atoms with E-state index in [9.17, 15) is 9.59 Å². The minimum absolute atomic E-state index is 0.0942. The Kier molecular flexibility index (Phi) is 5.75. The second kappa shape index (κ2) is 8.63. The van der Waals surface area contributed by atoms with Crippen LogP contribution in [0.1, 0.15) is 28.9 Å². The van der Waals surface area contributed by atoms with E-state index in [1.165, 1.54) is 6.08 Å². The Morgan fingerprint density at radius 3 is 2.97 bits per heavy atom. The number of pyridine rings is 1. The number of benzene rings is 1. The zero-order chi connectivity index (χ0) is 22.0. The van der Waals surface area contributed by atoms with Gasteiger partial charge in [0.1, 0.15) is 17.2 Å². The van der Waals surface area contributed by atoms with E-state index in [0.29, 0.717) is 26.1 Å². The van der Waals surface area contributed by atoms with Gasteiger partial charge in [-0.05, 0) is 30.7 Å². The standard InChI is InChI=1S/C24H26N4O3/c1-16-19-6-4-5-7-20(19)31-21(16)15-28(3)22(29)9-8-17-12-18-14-27(2)23(30)10-11-25-24(18)26-13-17/h4-9,12-13H,10-11,14-15H2,1-3H3,(H,25,26)/b9-8+. The quantitative estimate of drug-likeness (QED) is 0.655. The van der Waals surface area contributed by atoms with Crippen LogP contribution in [0.4, 0.5) is 5.82 Å². The summed E-state index contributed by atoms with van der Waals surface area (Å²) >= 11 is 0. The van der Waals surface area contributed by atoms with Gasteiger partial charge in [0, 0.05) is 62.4 Å². The number of fused-ring (bicyclic) bond motifs is 2. The molecule has 2 aromatic heterocycles. The normalized spacial score (nSPS) is 14.3. The number of nitrogens with one attached hydrogen (secondary N) is 1. The molecule has 3 aromatic rings. The van der Waals surface area contributed by atoms with Crippen molar-refractivity contribution in [1.29, 1.82) is 0 Å². The molecule has 0 unspecified atom stereocenters. The van der Waals surface area contributed by atoms with Crippen molar-refractivity contribution in [3.63, 3.8) is 0 Å². The Morgan fingerprint density at radius 1 is 1.35 bits per heavy atom. The van der Waals surface area contributed by atoms with E-state index in [1.54, 1.807) is 36.2 Å². The zero-order valence-electron chi connectivity index (χ0n) is 18.0. The van der Waals surface area contributed by atoms with Gasteiger partial charge in [0.15, 0.2) is 0 Å². The number of nitrogens with zero attached hydrogens (tertiary/aromatic N) is 3. The number of carbonyl (C=O) groups is 2. The first kappa shape index (κ1) is 20.7. The molecule has 0 saturated heterocycles. The molecule has 0 radical (unpaired) electrons. The molecule has 2 amide bonds. The van der Waals surface area contributed by atoms with Crippen molar-refractivity contribution < 1.29 is 14.0 Å². The van der Waals surface area contributed by atoms with Crippen molar-refractivity contribution in [2.45, 2.75) is 26.4 Å². The Morgan fingerprint density at radius 2 is 2.16 bits per heavy atom. The molecule has 1 N–H and O–H groups in total. The van der Waals surface area contributed by atoms with Crippen LogP contribution in [0, 0.1) is 6.92 Å². The molecule has 0 saturated carbocycles. The third-order valence-corrected chi connectivity index (χ3v) is 5.57. The maximum absolute atomic E-state index is 12.6. The minimum Gasteiger partial charge on any atom is -0.459 e. The van der Waals surface area contributed by atoms with Crippen LogP contribution < -0.4 is 5.32 Å². The van der Waals surface area contributed by atoms with Gasteiger partial charge in [-0.2, -0.15) is 0 Å². The number of aryl methyl sites for hydroxylation is 1. The van der Waals surface area contributed by atoms with Crippen LogP contribution in [0.3, 0.4) is 0 Å². The average molecular weight is 418 g/mol. The van der Waals surface area contributed by atoms with Crippen LogP contribution in [-0.4, -0.2) is 47.2 Å². The molecule has 0 fully saturated rings. The number of likely N-dealkylation sites (N-methyl/N-ethyl adjacent to an activating group) is 1. The van der Waals surface area contributed by atoms with E-state index in [4.69, 9.17) is 4.42 Å². The van der Waals surface area contributed by atoms with Gasteiger partial charge in [0.05, 0.1) is 6.54 Å². The van der Waals surface area contributed by atoms with Gasteiger partial charge in [-0.1, -0.05) is 18.2 Å². The third kappa shape index (κ3) is 4.45. The summed E-state index contributed by atoms with van der Waals surface area (Å²) in [5.41, 5.74) is 3.62. The highest BCUT2D eigenvalue weighted by atomic mass is 16.3. The SMILES string of the molecule is Cc1c(CN(C)C(=O)/C=C/c2cnc3c(c2)CN(C)C(=O)CCN3)oc2ccccc12. The first-order valence-corrected chi connectivity index (χ1v) is 10.3. The molecule has 0 bridgehead atoms. The lowest BCUT2D eigenvalue weighted by molar-refractivity contribution is -0.130. The molecule has 1 aromatic carbocycles. The number of carbonyl (C=O) groups excluding carboxylic acids is 2. The molecule has 0 atom stereocenters. The highest BCUT2D eigenvalue weighted by Gasteiger charge is 2.17. The lowest BCUT2D eigenvalue weighted by Gasteiger charge is -2.23. The van der Waals surface area contributed by atoms with Crippen molar-refractivity contribution in [1.82, 2.24) is 14.8 Å². The summed E-state index contributed by atoms with van der Waals surface area (Å²) < 4.78 is 5.92. The van der Waals surface area contributed by atoms with Gasteiger partial charge in [-0.15, -0.1) is 0 Å². The topological polar surface area (TPSA) is 78.7 Å². The van der Waals surface area contributed by atoms with Crippen LogP contribution in [0.15, 0.2) is 47.0 Å². The monoisotopic (exact) mass is 418 g/mol. The van der Waals surface area contributed by atoms with Crippen LogP contribution in [0.5, 0.6) is 0 Å². The second-order valence-electron chi connectivity index (χ2n) is 7.88. The predicted octanol–water partition coefficient (Wildman–Crippen LogP) is 3.58. The van der Waals surface area contributed by atoms with Gasteiger partial charge in [0.25, 0.3) is 0 Å². The molecule has 31 heavy (non-hydrogen) atoms. The highest BCUT2D eigenvalue weighted by molar-refractivity contribution is 5.91. The van der Waals surface area contributed by atoms with Gasteiger partial charge < -0.3 is 19.5 Å². The Labute approximate surface area is 181 Å². The zero-order valence-corrected chi connectivity index (χ0v) is 18.0. The van der Waals surface area contributed by atoms with E-state index in [0.717, 1.165) is 39.2 Å². The smallest absolute Gasteiger partial charge is 0.246 e. The van der Waals surface area contributed by atoms with Crippen molar-refractivity contribution in [3.05, 3.63) is 65.1 Å². The first-order chi connectivity index (χ1) is 14.9. The minimum atomic E-state index is -0.128. The molecular formula is C24H26N4O3. The fourth-order valence-electron chi connectivity index (χ4n) is 3.69. The van der Waals surface area contributed by atoms with E-state index in [1.807, 2.05) is 37.3 Å². The summed E-state index contributed by atoms with van der Waals surface area (Å²) in [6, 6.07) is 9.82. The van der Waals surface area contributed by atoms with Gasteiger partial charge in [-0.25, -0.2) is 4.98 Å². The number of hydrogen-bond donors (Lipinski definition) is 1. The number of aromatic nitrogens is 1. The number of anilines is 1. The van der Waals surface area contributed by atoms with Crippen molar-refractivity contribution in [2.24, 2.45) is 0 Å². The van der Waals surface area contributed by atoms with Crippen molar-refractivity contribution in [2.75, 3.05) is 26.0 Å². The van der Waals surface area contributed by atoms with Gasteiger partial charge in [-0.3, -0.25) is 9.59 Å². The fraction of sp³-hybridized carbons (Fsp3) is 0.292. The van der Waals surface area contributed by atoms with Crippen molar-refractivity contribution >= 4 is 34.7 Å². The summed E-state index contributed by atoms with van der Waals surface area (Å²) in [6.07, 6.45) is 5.46. The molecule has 0 aliphatic carbocycles. The van der Waals surface area contributed by atoms with Crippen LogP contribution in [-0.2, 0) is 22.7 Å². The van der Waals surface area contributed by atoms with E-state index in [-0.39, 0.29) is 11.8 Å². The number of furan rings is 1. The Balaban J connectivity index is 1.46. The third-order valence-electron chi connectivity index (χ3n) is 5.57. The van der Waals surface area contributed by atoms with E-state index < -0.39 is 0 Å². The fourth-order valence-corrected chi connectivity index (χ4v) is 3.69. The number of rotatable bonds is 4. The molecule has 160 valence electrons. The molecule has 7 nitrogen and oxygen atoms in total. The number of para-hydroxylation sites is 1. The number of hydrogen-bond acceptors (Lipinski definition) is 5. The van der Waals surface area contributed by atoms with Crippen LogP contribution in [0.25, 0.3) is 17.0 Å². The molecule has 0 spiro atoms. The number of amides is 2. The van der Waals surface area contributed by atoms with E-state index >= 15 is 0 Å². The molecule has 1 aliphatic heterocycles. The predicted molar refractivity (Wildman–Crippen MR) is 120 cm³/mol. The maximum Gasteiger partial charge on any atom is 0.246 e.